The first-order valence-corrected chi connectivity index (χ1v) is 10.5. The van der Waals surface area contributed by atoms with Crippen LogP contribution in [0, 0.1) is 11.3 Å². The van der Waals surface area contributed by atoms with Crippen molar-refractivity contribution in [3.05, 3.63) is 82.4 Å². The van der Waals surface area contributed by atoms with Gasteiger partial charge in [0.2, 0.25) is 0 Å². The Kier molecular flexibility index (Phi) is 5.95. The van der Waals surface area contributed by atoms with Gasteiger partial charge in [0.05, 0.1) is 17.6 Å². The summed E-state index contributed by atoms with van der Waals surface area (Å²) >= 11 is 5.86. The van der Waals surface area contributed by atoms with Gasteiger partial charge in [-0.1, -0.05) is 11.6 Å². The van der Waals surface area contributed by atoms with Crippen LogP contribution in [-0.2, 0) is 10.2 Å². The van der Waals surface area contributed by atoms with Crippen molar-refractivity contribution in [3.8, 4) is 23.3 Å². The van der Waals surface area contributed by atoms with Gasteiger partial charge in [0, 0.05) is 34.3 Å². The van der Waals surface area contributed by atoms with E-state index in [4.69, 9.17) is 21.1 Å². The van der Waals surface area contributed by atoms with E-state index in [-0.39, 0.29) is 23.8 Å². The fourth-order valence-corrected chi connectivity index (χ4v) is 3.67. The zero-order chi connectivity index (χ0) is 23.6. The topological polar surface area (TPSA) is 109 Å². The molecule has 0 radical (unpaired) electrons. The first-order valence-electron chi connectivity index (χ1n) is 10.1. The highest BCUT2D eigenvalue weighted by atomic mass is 35.5. The molecule has 1 aliphatic rings. The third kappa shape index (κ3) is 4.47. The highest BCUT2D eigenvalue weighted by Gasteiger charge is 2.41. The summed E-state index contributed by atoms with van der Waals surface area (Å²) in [5.74, 6) is -0.247. The standard InChI is InChI=1S/C25H19ClN2O5/c1-25(24(30)31)10-11-32-22-13-21(16(14-27)12-20(22)25)33-19-8-2-15(3-9-19)23(29)28-18-6-4-17(26)5-7-18/h2-9,12-13H,10-11H2,1H3,(H,28,29)(H,30,31). The van der Waals surface area contributed by atoms with Crippen LogP contribution in [0.5, 0.6) is 17.2 Å². The maximum Gasteiger partial charge on any atom is 0.314 e. The minimum absolute atomic E-state index is 0.191. The van der Waals surface area contributed by atoms with Gasteiger partial charge < -0.3 is 19.9 Å². The van der Waals surface area contributed by atoms with Gasteiger partial charge in [0.15, 0.2) is 0 Å². The lowest BCUT2D eigenvalue weighted by molar-refractivity contribution is -0.144. The van der Waals surface area contributed by atoms with Crippen molar-refractivity contribution < 1.29 is 24.2 Å². The first-order chi connectivity index (χ1) is 15.8. The van der Waals surface area contributed by atoms with Crippen molar-refractivity contribution in [2.24, 2.45) is 0 Å². The van der Waals surface area contributed by atoms with Gasteiger partial charge in [-0.3, -0.25) is 9.59 Å². The summed E-state index contributed by atoms with van der Waals surface area (Å²) in [6.07, 6.45) is 0.306. The number of amides is 1. The fourth-order valence-electron chi connectivity index (χ4n) is 3.54. The molecule has 0 saturated carbocycles. The van der Waals surface area contributed by atoms with Gasteiger partial charge >= 0.3 is 5.97 Å². The number of nitrogens with zero attached hydrogens (tertiary/aromatic N) is 1. The summed E-state index contributed by atoms with van der Waals surface area (Å²) in [5, 5.41) is 22.6. The summed E-state index contributed by atoms with van der Waals surface area (Å²) in [5.41, 5.74) is 0.529. The Hall–Kier alpha value is -4.02. The first kappa shape index (κ1) is 22.2. The molecular weight excluding hydrogens is 444 g/mol. The fraction of sp³-hybridized carbons (Fsp3) is 0.160. The number of carboxylic acids is 1. The molecule has 0 aliphatic carbocycles. The molecule has 1 atom stereocenters. The van der Waals surface area contributed by atoms with Gasteiger partial charge in [-0.25, -0.2) is 0 Å². The van der Waals surface area contributed by atoms with Crippen molar-refractivity contribution in [1.29, 1.82) is 5.26 Å². The number of nitrogens with one attached hydrogen (secondary N) is 1. The maximum absolute atomic E-state index is 12.5. The molecule has 1 aliphatic heterocycles. The minimum Gasteiger partial charge on any atom is -0.493 e. The lowest BCUT2D eigenvalue weighted by atomic mass is 9.77. The summed E-state index contributed by atoms with van der Waals surface area (Å²) in [6, 6.07) is 18.3. The molecule has 0 fully saturated rings. The molecule has 33 heavy (non-hydrogen) atoms. The molecule has 0 saturated heterocycles. The van der Waals surface area contributed by atoms with Gasteiger partial charge in [0.25, 0.3) is 5.91 Å². The zero-order valence-electron chi connectivity index (χ0n) is 17.6. The molecule has 4 rings (SSSR count). The van der Waals surface area contributed by atoms with E-state index in [0.717, 1.165) is 0 Å². The molecule has 2 N–H and O–H groups in total. The number of carbonyl (C=O) groups is 2. The number of rotatable bonds is 5. The lowest BCUT2D eigenvalue weighted by Gasteiger charge is -2.32. The number of nitriles is 1. The van der Waals surface area contributed by atoms with E-state index in [1.54, 1.807) is 55.5 Å². The molecule has 3 aromatic rings. The highest BCUT2D eigenvalue weighted by Crippen LogP contribution is 2.43. The summed E-state index contributed by atoms with van der Waals surface area (Å²) in [7, 11) is 0. The van der Waals surface area contributed by atoms with Crippen molar-refractivity contribution >= 4 is 29.2 Å². The van der Waals surface area contributed by atoms with Crippen molar-refractivity contribution in [2.75, 3.05) is 11.9 Å². The minimum atomic E-state index is -1.14. The third-order valence-corrected chi connectivity index (χ3v) is 5.83. The number of carbonyl (C=O) groups excluding carboxylic acids is 1. The van der Waals surface area contributed by atoms with E-state index < -0.39 is 11.4 Å². The van der Waals surface area contributed by atoms with E-state index >= 15 is 0 Å². The number of hydrogen-bond donors (Lipinski definition) is 2. The number of benzene rings is 3. The van der Waals surface area contributed by atoms with Gasteiger partial charge in [-0.05, 0) is 61.5 Å². The van der Waals surface area contributed by atoms with Crippen molar-refractivity contribution in [2.45, 2.75) is 18.8 Å². The highest BCUT2D eigenvalue weighted by molar-refractivity contribution is 6.30. The molecule has 0 spiro atoms. The molecule has 7 nitrogen and oxygen atoms in total. The molecule has 0 bridgehead atoms. The molecule has 0 aromatic heterocycles. The monoisotopic (exact) mass is 462 g/mol. The quantitative estimate of drug-likeness (QED) is 0.526. The Bertz CT molecular complexity index is 1270. The third-order valence-electron chi connectivity index (χ3n) is 5.57. The van der Waals surface area contributed by atoms with E-state index in [1.807, 2.05) is 0 Å². The normalized spacial score (nSPS) is 16.6. The maximum atomic E-state index is 12.5. The van der Waals surface area contributed by atoms with Crippen LogP contribution in [0.25, 0.3) is 0 Å². The molecular formula is C25H19ClN2O5. The summed E-state index contributed by atoms with van der Waals surface area (Å²) in [4.78, 5) is 24.3. The molecule has 1 amide bonds. The number of aliphatic carboxylic acids is 1. The van der Waals surface area contributed by atoms with Gasteiger partial charge in [0.1, 0.15) is 23.3 Å². The van der Waals surface area contributed by atoms with Crippen LogP contribution in [0.3, 0.4) is 0 Å². The summed E-state index contributed by atoms with van der Waals surface area (Å²) < 4.78 is 11.5. The number of hydrogen-bond acceptors (Lipinski definition) is 5. The second kappa shape index (κ2) is 8.85. The average molecular weight is 463 g/mol. The van der Waals surface area contributed by atoms with E-state index in [2.05, 4.69) is 11.4 Å². The van der Waals surface area contributed by atoms with Crippen LogP contribution in [0.2, 0.25) is 5.02 Å². The van der Waals surface area contributed by atoms with Crippen LogP contribution in [0.15, 0.2) is 60.7 Å². The van der Waals surface area contributed by atoms with Gasteiger partial charge in [-0.2, -0.15) is 5.26 Å². The Morgan fingerprint density at radius 3 is 2.48 bits per heavy atom. The van der Waals surface area contributed by atoms with Crippen LogP contribution in [-0.4, -0.2) is 23.6 Å². The predicted octanol–water partition coefficient (Wildman–Crippen LogP) is 5.38. The number of ether oxygens (including phenoxy) is 2. The van der Waals surface area contributed by atoms with Crippen LogP contribution in [0.1, 0.15) is 34.8 Å². The van der Waals surface area contributed by atoms with Gasteiger partial charge in [-0.15, -0.1) is 0 Å². The van der Waals surface area contributed by atoms with E-state index in [1.165, 1.54) is 12.1 Å². The number of halogens is 1. The number of carboxylic acid groups (broad SMARTS) is 1. The SMILES string of the molecule is CC1(C(=O)O)CCOc2cc(Oc3ccc(C(=O)Nc4ccc(Cl)cc4)cc3)c(C#N)cc21. The second-order valence-electron chi connectivity index (χ2n) is 7.78. The van der Waals surface area contributed by atoms with Crippen LogP contribution in [0.4, 0.5) is 5.69 Å². The Balaban J connectivity index is 1.54. The molecule has 8 heteroatoms. The number of anilines is 1. The number of fused-ring (bicyclic) bond motifs is 1. The lowest BCUT2D eigenvalue weighted by Crippen LogP contribution is -2.37. The molecule has 1 unspecified atom stereocenters. The molecule has 166 valence electrons. The second-order valence-corrected chi connectivity index (χ2v) is 8.22. The largest absolute Gasteiger partial charge is 0.493 e. The summed E-state index contributed by atoms with van der Waals surface area (Å²) in [6.45, 7) is 1.87. The molecule has 3 aromatic carbocycles. The smallest absolute Gasteiger partial charge is 0.314 e. The average Bonchev–Trinajstić information content (AvgIpc) is 2.81. The zero-order valence-corrected chi connectivity index (χ0v) is 18.3. The Labute approximate surface area is 195 Å². The Morgan fingerprint density at radius 1 is 1.15 bits per heavy atom. The van der Waals surface area contributed by atoms with E-state index in [9.17, 15) is 20.0 Å². The van der Waals surface area contributed by atoms with Crippen LogP contribution >= 0.6 is 11.6 Å². The Morgan fingerprint density at radius 2 is 1.85 bits per heavy atom. The van der Waals surface area contributed by atoms with Crippen molar-refractivity contribution in [1.82, 2.24) is 0 Å². The molecule has 1 heterocycles. The van der Waals surface area contributed by atoms with E-state index in [0.29, 0.717) is 39.8 Å². The van der Waals surface area contributed by atoms with Crippen molar-refractivity contribution in [3.63, 3.8) is 0 Å². The van der Waals surface area contributed by atoms with Crippen LogP contribution < -0.4 is 14.8 Å². The predicted molar refractivity (Wildman–Crippen MR) is 122 cm³/mol.